The Labute approximate surface area is 149 Å². The summed E-state index contributed by atoms with van der Waals surface area (Å²) < 4.78 is 5.43. The molecule has 3 aromatic rings. The third-order valence-electron chi connectivity index (χ3n) is 4.30. The highest BCUT2D eigenvalue weighted by molar-refractivity contribution is 6.35. The Morgan fingerprint density at radius 1 is 1.36 bits per heavy atom. The average Bonchev–Trinajstić information content (AvgIpc) is 3.32. The van der Waals surface area contributed by atoms with Crippen molar-refractivity contribution in [3.8, 4) is 11.5 Å². The first kappa shape index (κ1) is 15.9. The third-order valence-corrected chi connectivity index (χ3v) is 4.61. The molecule has 0 radical (unpaired) electrons. The number of hydrogen-bond donors (Lipinski definition) is 1. The van der Waals surface area contributed by atoms with Crippen molar-refractivity contribution in [1.82, 2.24) is 9.88 Å². The number of carbonyl (C=O) groups excluding carboxylic acids is 1. The molecular formula is C19H15ClN2O3. The maximum Gasteiger partial charge on any atom is 0.255 e. The van der Waals surface area contributed by atoms with E-state index in [1.54, 1.807) is 41.5 Å². The maximum absolute atomic E-state index is 13.1. The number of benzene rings is 1. The average molecular weight is 355 g/mol. The number of fused-ring (bicyclic) bond motifs is 1. The number of aliphatic hydroxyl groups excluding tert-OH is 1. The van der Waals surface area contributed by atoms with Gasteiger partial charge in [0.1, 0.15) is 5.69 Å². The minimum Gasteiger partial charge on any atom is -0.463 e. The van der Waals surface area contributed by atoms with Gasteiger partial charge in [0.25, 0.3) is 5.91 Å². The molecule has 1 amide bonds. The highest BCUT2D eigenvalue weighted by atomic mass is 35.5. The first-order chi connectivity index (χ1) is 12.2. The van der Waals surface area contributed by atoms with Gasteiger partial charge < -0.3 is 14.4 Å². The molecule has 0 aliphatic carbocycles. The predicted octanol–water partition coefficient (Wildman–Crippen LogP) is 3.52. The fourth-order valence-electron chi connectivity index (χ4n) is 3.06. The van der Waals surface area contributed by atoms with E-state index in [9.17, 15) is 9.90 Å². The number of aromatic nitrogens is 1. The number of hydrogen-bond acceptors (Lipinski definition) is 4. The number of furan rings is 1. The monoisotopic (exact) mass is 354 g/mol. The summed E-state index contributed by atoms with van der Waals surface area (Å²) in [5, 5.41) is 10.6. The van der Waals surface area contributed by atoms with Crippen LogP contribution in [0.1, 0.15) is 10.4 Å². The van der Waals surface area contributed by atoms with Gasteiger partial charge in [-0.15, -0.1) is 0 Å². The molecule has 5 nitrogen and oxygen atoms in total. The van der Waals surface area contributed by atoms with Gasteiger partial charge in [-0.3, -0.25) is 4.79 Å². The predicted molar refractivity (Wildman–Crippen MR) is 95.5 cm³/mol. The van der Waals surface area contributed by atoms with E-state index in [0.717, 1.165) is 0 Å². The molecule has 3 heterocycles. The molecular weight excluding hydrogens is 340 g/mol. The van der Waals surface area contributed by atoms with Gasteiger partial charge in [-0.25, -0.2) is 4.98 Å². The fourth-order valence-corrected chi connectivity index (χ4v) is 3.28. The van der Waals surface area contributed by atoms with Crippen LogP contribution in [-0.2, 0) is 0 Å². The van der Waals surface area contributed by atoms with Gasteiger partial charge in [0.15, 0.2) is 5.76 Å². The van der Waals surface area contributed by atoms with Gasteiger partial charge >= 0.3 is 0 Å². The van der Waals surface area contributed by atoms with Crippen molar-refractivity contribution in [3.05, 3.63) is 65.4 Å². The second kappa shape index (κ2) is 6.35. The number of carbonyl (C=O) groups is 1. The molecule has 6 heteroatoms. The molecule has 1 N–H and O–H groups in total. The lowest BCUT2D eigenvalue weighted by Crippen LogP contribution is -2.38. The lowest BCUT2D eigenvalue weighted by molar-refractivity contribution is 0.0702. The number of halogens is 1. The molecule has 0 spiro atoms. The summed E-state index contributed by atoms with van der Waals surface area (Å²) in [4.78, 5) is 19.3. The summed E-state index contributed by atoms with van der Waals surface area (Å²) in [6.45, 7) is 0.349. The number of aliphatic hydroxyl groups is 1. The molecule has 1 aliphatic rings. The zero-order valence-electron chi connectivity index (χ0n) is 13.2. The van der Waals surface area contributed by atoms with Gasteiger partial charge in [0, 0.05) is 11.9 Å². The zero-order valence-corrected chi connectivity index (χ0v) is 14.0. The van der Waals surface area contributed by atoms with Gasteiger partial charge in [-0.1, -0.05) is 35.9 Å². The maximum atomic E-state index is 13.1. The third kappa shape index (κ3) is 2.71. The molecule has 1 unspecified atom stereocenters. The molecule has 2 aromatic heterocycles. The second-order valence-corrected chi connectivity index (χ2v) is 6.21. The topological polar surface area (TPSA) is 66.6 Å². The molecule has 0 saturated heterocycles. The van der Waals surface area contributed by atoms with Crippen LogP contribution in [0.15, 0.2) is 59.2 Å². The molecule has 0 bridgehead atoms. The van der Waals surface area contributed by atoms with E-state index in [-0.39, 0.29) is 18.6 Å². The Morgan fingerprint density at radius 2 is 2.24 bits per heavy atom. The molecule has 1 atom stereocenters. The Kier molecular flexibility index (Phi) is 4.03. The molecule has 4 rings (SSSR count). The zero-order chi connectivity index (χ0) is 17.4. The number of pyridine rings is 1. The fraction of sp³-hybridized carbons (Fsp3) is 0.158. The Hall–Kier alpha value is -2.63. The van der Waals surface area contributed by atoms with Crippen LogP contribution in [0.5, 0.6) is 0 Å². The first-order valence-electron chi connectivity index (χ1n) is 7.90. The van der Waals surface area contributed by atoms with E-state index in [4.69, 9.17) is 16.0 Å². The summed E-state index contributed by atoms with van der Waals surface area (Å²) >= 11 is 6.31. The van der Waals surface area contributed by atoms with Crippen molar-refractivity contribution in [2.45, 2.75) is 6.04 Å². The van der Waals surface area contributed by atoms with E-state index in [1.165, 1.54) is 0 Å². The Balaban J connectivity index is 1.90. The van der Waals surface area contributed by atoms with Gasteiger partial charge in [0.2, 0.25) is 0 Å². The number of amides is 1. The Bertz CT molecular complexity index is 966. The van der Waals surface area contributed by atoms with Crippen molar-refractivity contribution >= 4 is 28.4 Å². The summed E-state index contributed by atoms with van der Waals surface area (Å²) in [6, 6.07) is 10.3. The standard InChI is InChI=1S/C19H15ClN2O3/c20-15-6-1-5-13-14(19(24)22-8-2-4-12(22)11-23)10-16(21-18(13)15)17-7-3-9-25-17/h1-7,9-10,12,23H,8,11H2. The van der Waals surface area contributed by atoms with Crippen LogP contribution in [0.4, 0.5) is 0 Å². The van der Waals surface area contributed by atoms with E-state index in [2.05, 4.69) is 4.98 Å². The van der Waals surface area contributed by atoms with Crippen LogP contribution >= 0.6 is 11.6 Å². The van der Waals surface area contributed by atoms with Crippen LogP contribution in [0.2, 0.25) is 5.02 Å². The highest BCUT2D eigenvalue weighted by Crippen LogP contribution is 2.30. The van der Waals surface area contributed by atoms with Crippen LogP contribution in [0.3, 0.4) is 0 Å². The minimum atomic E-state index is -0.318. The van der Waals surface area contributed by atoms with Crippen molar-refractivity contribution in [2.24, 2.45) is 0 Å². The van der Waals surface area contributed by atoms with Gasteiger partial charge in [0.05, 0.1) is 35.0 Å². The van der Waals surface area contributed by atoms with Crippen molar-refractivity contribution in [3.63, 3.8) is 0 Å². The van der Waals surface area contributed by atoms with E-state index >= 15 is 0 Å². The smallest absolute Gasteiger partial charge is 0.255 e. The minimum absolute atomic E-state index is 0.114. The Morgan fingerprint density at radius 3 is 3.00 bits per heavy atom. The van der Waals surface area contributed by atoms with Gasteiger partial charge in [-0.05, 0) is 24.3 Å². The second-order valence-electron chi connectivity index (χ2n) is 5.80. The van der Waals surface area contributed by atoms with Crippen molar-refractivity contribution in [2.75, 3.05) is 13.2 Å². The number of para-hydroxylation sites is 1. The van der Waals surface area contributed by atoms with Crippen LogP contribution in [0, 0.1) is 0 Å². The summed E-state index contributed by atoms with van der Waals surface area (Å²) in [6.07, 6.45) is 5.27. The molecule has 0 saturated carbocycles. The SMILES string of the molecule is O=C(c1cc(-c2ccco2)nc2c(Cl)cccc12)N1CC=CC1CO. The quantitative estimate of drug-likeness (QED) is 0.731. The number of nitrogens with zero attached hydrogens (tertiary/aromatic N) is 2. The molecule has 0 fully saturated rings. The highest BCUT2D eigenvalue weighted by Gasteiger charge is 2.27. The molecule has 1 aromatic carbocycles. The number of rotatable bonds is 3. The first-order valence-corrected chi connectivity index (χ1v) is 8.28. The van der Waals surface area contributed by atoms with Crippen molar-refractivity contribution in [1.29, 1.82) is 0 Å². The van der Waals surface area contributed by atoms with Crippen LogP contribution < -0.4 is 0 Å². The normalized spacial score (nSPS) is 16.7. The summed E-state index contributed by atoms with van der Waals surface area (Å²) in [5.74, 6) is 0.389. The largest absolute Gasteiger partial charge is 0.463 e. The summed E-state index contributed by atoms with van der Waals surface area (Å²) in [5.41, 5.74) is 1.58. The lowest BCUT2D eigenvalue weighted by atomic mass is 10.0. The van der Waals surface area contributed by atoms with E-state index in [0.29, 0.717) is 39.5 Å². The van der Waals surface area contributed by atoms with Crippen LogP contribution in [0.25, 0.3) is 22.4 Å². The van der Waals surface area contributed by atoms with Crippen LogP contribution in [-0.4, -0.2) is 40.1 Å². The molecule has 1 aliphatic heterocycles. The summed E-state index contributed by atoms with van der Waals surface area (Å²) in [7, 11) is 0. The molecule has 25 heavy (non-hydrogen) atoms. The van der Waals surface area contributed by atoms with E-state index < -0.39 is 0 Å². The van der Waals surface area contributed by atoms with Gasteiger partial charge in [-0.2, -0.15) is 0 Å². The molecule has 126 valence electrons. The van der Waals surface area contributed by atoms with Crippen molar-refractivity contribution < 1.29 is 14.3 Å². The lowest BCUT2D eigenvalue weighted by Gasteiger charge is -2.24. The van der Waals surface area contributed by atoms with E-state index in [1.807, 2.05) is 18.2 Å².